The van der Waals surface area contributed by atoms with Crippen LogP contribution < -0.4 is 5.32 Å². The number of piperidine rings is 1. The van der Waals surface area contributed by atoms with E-state index < -0.39 is 55.8 Å². The zero-order valence-electron chi connectivity index (χ0n) is 13.9. The highest BCUT2D eigenvalue weighted by Crippen LogP contribution is 2.46. The van der Waals surface area contributed by atoms with E-state index in [1.807, 2.05) is 19.2 Å². The first kappa shape index (κ1) is 22.6. The van der Waals surface area contributed by atoms with E-state index in [9.17, 15) is 31.5 Å². The number of rotatable bonds is 5. The number of nitrogens with zero attached hydrogens (tertiary/aromatic N) is 1. The minimum absolute atomic E-state index is 0.268. The first-order valence-corrected chi connectivity index (χ1v) is 7.55. The second-order valence-electron chi connectivity index (χ2n) is 5.03. The normalized spacial score (nSPS) is 17.7. The number of likely N-dealkylation sites (tertiary alicyclic amines) is 1. The maximum Gasteiger partial charge on any atom is 0.403 e. The van der Waals surface area contributed by atoms with Gasteiger partial charge in [-0.25, -0.2) is 8.78 Å². The summed E-state index contributed by atoms with van der Waals surface area (Å²) >= 11 is 0. The average molecular weight is 362 g/mol. The number of methoxy groups -OCH3 is 1. The van der Waals surface area contributed by atoms with Gasteiger partial charge in [-0.05, 0) is 25.9 Å². The maximum atomic E-state index is 13.3. The van der Waals surface area contributed by atoms with Crippen molar-refractivity contribution >= 4 is 11.9 Å². The van der Waals surface area contributed by atoms with Crippen LogP contribution in [0.1, 0.15) is 26.7 Å². The molecule has 5 nitrogen and oxygen atoms in total. The van der Waals surface area contributed by atoms with Crippen molar-refractivity contribution in [1.29, 1.82) is 0 Å². The lowest BCUT2D eigenvalue weighted by Gasteiger charge is -2.41. The van der Waals surface area contributed by atoms with Gasteiger partial charge in [-0.2, -0.15) is 13.2 Å². The average Bonchev–Trinajstić information content (AvgIpc) is 2.53. The molecule has 0 atom stereocenters. The van der Waals surface area contributed by atoms with Gasteiger partial charge in [0.15, 0.2) is 0 Å². The van der Waals surface area contributed by atoms with Crippen LogP contribution in [0.2, 0.25) is 0 Å². The van der Waals surface area contributed by atoms with Gasteiger partial charge < -0.3 is 10.1 Å². The smallest absolute Gasteiger partial charge is 0.403 e. The summed E-state index contributed by atoms with van der Waals surface area (Å²) < 4.78 is 68.7. The number of hydrogen-bond acceptors (Lipinski definition) is 4. The van der Waals surface area contributed by atoms with Crippen LogP contribution in [0.5, 0.6) is 0 Å². The topological polar surface area (TPSA) is 58.6 Å². The summed E-state index contributed by atoms with van der Waals surface area (Å²) in [6, 6.07) is 0. The molecule has 1 N–H and O–H groups in total. The van der Waals surface area contributed by atoms with Crippen molar-refractivity contribution in [1.82, 2.24) is 10.2 Å². The highest BCUT2D eigenvalue weighted by molar-refractivity contribution is 5.87. The van der Waals surface area contributed by atoms with Gasteiger partial charge in [-0.3, -0.25) is 14.5 Å². The third-order valence-corrected chi connectivity index (χ3v) is 3.70. The molecule has 1 rings (SSSR count). The molecule has 0 aromatic heterocycles. The van der Waals surface area contributed by atoms with Gasteiger partial charge in [0.25, 0.3) is 6.43 Å². The van der Waals surface area contributed by atoms with Gasteiger partial charge >= 0.3 is 12.1 Å². The molecule has 1 heterocycles. The number of esters is 1. The van der Waals surface area contributed by atoms with E-state index >= 15 is 0 Å². The number of hydrogen-bond donors (Lipinski definition) is 1. The second kappa shape index (κ2) is 9.75. The zero-order chi connectivity index (χ0) is 19.0. The van der Waals surface area contributed by atoms with Crippen molar-refractivity contribution in [2.24, 2.45) is 5.41 Å². The van der Waals surface area contributed by atoms with Crippen LogP contribution in [0, 0.1) is 5.41 Å². The Morgan fingerprint density at radius 1 is 1.21 bits per heavy atom. The van der Waals surface area contributed by atoms with E-state index in [1.165, 1.54) is 4.90 Å². The lowest BCUT2D eigenvalue weighted by Crippen LogP contribution is -2.57. The molecule has 1 aliphatic rings. The zero-order valence-corrected chi connectivity index (χ0v) is 13.9. The van der Waals surface area contributed by atoms with Gasteiger partial charge in [0.1, 0.15) is 12.0 Å². The fraction of sp³-hybridized carbons (Fsp3) is 0.857. The molecule has 0 aliphatic carbocycles. The molecule has 10 heteroatoms. The summed E-state index contributed by atoms with van der Waals surface area (Å²) in [6.45, 7) is 2.16. The summed E-state index contributed by atoms with van der Waals surface area (Å²) in [7, 11) is 1.04. The summed E-state index contributed by atoms with van der Waals surface area (Å²) in [6.07, 6.45) is -8.73. The largest absolute Gasteiger partial charge is 0.468 e. The van der Waals surface area contributed by atoms with Crippen LogP contribution in [0.3, 0.4) is 0 Å². The Bertz CT molecular complexity index is 408. The Morgan fingerprint density at radius 3 is 2.08 bits per heavy atom. The number of halogens is 5. The fourth-order valence-electron chi connectivity index (χ4n) is 2.35. The number of ether oxygens (including phenoxy) is 1. The first-order chi connectivity index (χ1) is 11.1. The van der Waals surface area contributed by atoms with Crippen LogP contribution in [-0.4, -0.2) is 62.7 Å². The number of alkyl halides is 5. The molecule has 0 aromatic carbocycles. The Balaban J connectivity index is 0.00000254. The van der Waals surface area contributed by atoms with Gasteiger partial charge in [-0.15, -0.1) is 0 Å². The van der Waals surface area contributed by atoms with Gasteiger partial charge in [0, 0.05) is 0 Å². The summed E-state index contributed by atoms with van der Waals surface area (Å²) in [4.78, 5) is 24.0. The molecule has 1 amide bonds. The Kier molecular flexibility index (Phi) is 9.16. The van der Waals surface area contributed by atoms with Crippen LogP contribution in [0.25, 0.3) is 0 Å². The maximum absolute atomic E-state index is 13.3. The van der Waals surface area contributed by atoms with Gasteiger partial charge in [0.05, 0.1) is 13.7 Å². The minimum Gasteiger partial charge on any atom is -0.468 e. The van der Waals surface area contributed by atoms with Crippen LogP contribution in [0.4, 0.5) is 22.0 Å². The predicted octanol–water partition coefficient (Wildman–Crippen LogP) is 2.21. The van der Waals surface area contributed by atoms with Gasteiger partial charge in [0.2, 0.25) is 5.91 Å². The standard InChI is InChI=1S/C12H17F5N2O3.C2H6/c1-22-9(20)6-18-10(21)11(12(15,16)17)2-4-19(5-3-11)7-8(13)14;1-2/h8H,2-7H2,1H3,(H,18,21);1-2H3. The van der Waals surface area contributed by atoms with Crippen molar-refractivity contribution < 1.29 is 36.3 Å². The lowest BCUT2D eigenvalue weighted by molar-refractivity contribution is -0.233. The molecule has 0 unspecified atom stereocenters. The molecule has 1 aliphatic heterocycles. The third kappa shape index (κ3) is 5.88. The van der Waals surface area contributed by atoms with Crippen molar-refractivity contribution in [2.75, 3.05) is 33.3 Å². The molecule has 1 fully saturated rings. The molecule has 142 valence electrons. The van der Waals surface area contributed by atoms with E-state index in [0.717, 1.165) is 7.11 Å². The molecule has 24 heavy (non-hydrogen) atoms. The quantitative estimate of drug-likeness (QED) is 0.602. The van der Waals surface area contributed by atoms with Crippen LogP contribution in [-0.2, 0) is 14.3 Å². The number of carbonyl (C=O) groups is 2. The van der Waals surface area contributed by atoms with E-state index in [4.69, 9.17) is 0 Å². The lowest BCUT2D eigenvalue weighted by atomic mass is 9.76. The van der Waals surface area contributed by atoms with E-state index in [-0.39, 0.29) is 13.1 Å². The number of amides is 1. The molecule has 0 aromatic rings. The van der Waals surface area contributed by atoms with Crippen LogP contribution >= 0.6 is 0 Å². The first-order valence-electron chi connectivity index (χ1n) is 7.55. The second-order valence-corrected chi connectivity index (χ2v) is 5.03. The summed E-state index contributed by atoms with van der Waals surface area (Å²) in [5, 5.41) is 1.91. The molecule has 0 spiro atoms. The summed E-state index contributed by atoms with van der Waals surface area (Å²) in [5.41, 5.74) is -2.67. The highest BCUT2D eigenvalue weighted by atomic mass is 19.4. The Hall–Kier alpha value is -1.45. The number of nitrogens with one attached hydrogen (secondary N) is 1. The highest BCUT2D eigenvalue weighted by Gasteiger charge is 2.60. The van der Waals surface area contributed by atoms with Crippen molar-refractivity contribution in [3.05, 3.63) is 0 Å². The van der Waals surface area contributed by atoms with E-state index in [0.29, 0.717) is 0 Å². The van der Waals surface area contributed by atoms with Crippen LogP contribution in [0.15, 0.2) is 0 Å². The molecule has 0 bridgehead atoms. The monoisotopic (exact) mass is 362 g/mol. The van der Waals surface area contributed by atoms with Gasteiger partial charge in [-0.1, -0.05) is 13.8 Å². The molecule has 1 saturated heterocycles. The van der Waals surface area contributed by atoms with E-state index in [1.54, 1.807) is 0 Å². The third-order valence-electron chi connectivity index (χ3n) is 3.70. The molecule has 0 radical (unpaired) electrons. The summed E-state index contributed by atoms with van der Waals surface area (Å²) in [5.74, 6) is -2.21. The predicted molar refractivity (Wildman–Crippen MR) is 76.5 cm³/mol. The van der Waals surface area contributed by atoms with Crippen molar-refractivity contribution in [3.8, 4) is 0 Å². The molecule has 0 saturated carbocycles. The van der Waals surface area contributed by atoms with Crippen molar-refractivity contribution in [2.45, 2.75) is 39.3 Å². The Morgan fingerprint density at radius 2 is 1.71 bits per heavy atom. The van der Waals surface area contributed by atoms with Crippen molar-refractivity contribution in [3.63, 3.8) is 0 Å². The van der Waals surface area contributed by atoms with E-state index in [2.05, 4.69) is 4.74 Å². The minimum atomic E-state index is -4.83. The fourth-order valence-corrected chi connectivity index (χ4v) is 2.35. The SMILES string of the molecule is CC.COC(=O)CNC(=O)C1(C(F)(F)F)CCN(CC(F)F)CC1. The number of carbonyl (C=O) groups excluding carboxylic acids is 2. The molecular weight excluding hydrogens is 339 g/mol. The molecular formula is C14H23F5N2O3. The Labute approximate surface area is 137 Å².